The van der Waals surface area contributed by atoms with Gasteiger partial charge in [0.15, 0.2) is 11.6 Å². The summed E-state index contributed by atoms with van der Waals surface area (Å²) in [4.78, 5) is 62.6. The Morgan fingerprint density at radius 1 is 0.660 bits per heavy atom. The lowest BCUT2D eigenvalue weighted by Crippen LogP contribution is -2.27. The minimum absolute atomic E-state index is 0.0608. The fourth-order valence-corrected chi connectivity index (χ4v) is 5.70. The van der Waals surface area contributed by atoms with Crippen LogP contribution in [0.4, 0.5) is 0 Å². The third-order valence-electron chi connectivity index (χ3n) is 7.85. The molecule has 2 aromatic heterocycles. The molecule has 1 aliphatic rings. The molecule has 10 nitrogen and oxygen atoms in total. The average Bonchev–Trinajstić information content (AvgIpc) is 3.33. The number of hydrogen-bond acceptors (Lipinski definition) is 10. The van der Waals surface area contributed by atoms with Crippen molar-refractivity contribution < 1.29 is 38.2 Å². The van der Waals surface area contributed by atoms with Crippen LogP contribution in [0.3, 0.4) is 0 Å². The maximum atomic E-state index is 12.8. The molecule has 0 radical (unpaired) electrons. The number of rotatable bonds is 5. The third-order valence-corrected chi connectivity index (χ3v) is 7.85. The molecule has 0 amide bonds. The van der Waals surface area contributed by atoms with Crippen molar-refractivity contribution >= 4 is 39.5 Å². The van der Waals surface area contributed by atoms with Crippen LogP contribution < -0.4 is 11.3 Å². The van der Waals surface area contributed by atoms with Gasteiger partial charge < -0.3 is 23.8 Å². The maximum absolute atomic E-state index is 12.8. The number of fused-ring (bicyclic) bond motifs is 3. The molecule has 0 spiro atoms. The molecule has 2 N–H and O–H groups in total. The van der Waals surface area contributed by atoms with Gasteiger partial charge in [-0.2, -0.15) is 0 Å². The van der Waals surface area contributed by atoms with Gasteiger partial charge in [-0.3, -0.25) is 14.4 Å². The number of Topliss-reactive ketones (excluding diaryl/α,β-unsaturated/α-hetero) is 2. The number of hydrogen-bond donors (Lipinski definition) is 2. The molecule has 7 rings (SSSR count). The van der Waals surface area contributed by atoms with Crippen LogP contribution in [-0.4, -0.2) is 34.4 Å². The van der Waals surface area contributed by atoms with Crippen LogP contribution in [-0.2, 0) is 9.53 Å². The van der Waals surface area contributed by atoms with Gasteiger partial charge in [0.25, 0.3) is 0 Å². The van der Waals surface area contributed by atoms with E-state index in [2.05, 4.69) is 0 Å². The summed E-state index contributed by atoms with van der Waals surface area (Å²) in [5.41, 5.74) is -1.07. The number of carbonyl (C=O) groups excluding carboxylic acids is 3. The second-order valence-corrected chi connectivity index (χ2v) is 10.6. The zero-order valence-electron chi connectivity index (χ0n) is 24.8. The highest BCUT2D eigenvalue weighted by molar-refractivity contribution is 6.29. The van der Waals surface area contributed by atoms with Crippen molar-refractivity contribution in [2.24, 2.45) is 0 Å². The number of ether oxygens (including phenoxy) is 1. The first-order valence-corrected chi connectivity index (χ1v) is 14.6. The van der Waals surface area contributed by atoms with Gasteiger partial charge in [0.2, 0.25) is 0 Å². The smallest absolute Gasteiger partial charge is 0.344 e. The van der Waals surface area contributed by atoms with E-state index in [-0.39, 0.29) is 40.1 Å². The molecule has 4 aromatic carbocycles. The Balaban J connectivity index is 0.000000191. The molecule has 0 aliphatic heterocycles. The van der Waals surface area contributed by atoms with Crippen LogP contribution in [0.25, 0.3) is 21.9 Å². The van der Waals surface area contributed by atoms with E-state index in [0.717, 1.165) is 5.56 Å². The van der Waals surface area contributed by atoms with Crippen molar-refractivity contribution in [2.45, 2.75) is 18.8 Å². The van der Waals surface area contributed by atoms with E-state index in [1.165, 1.54) is 24.3 Å². The second-order valence-electron chi connectivity index (χ2n) is 10.6. The van der Waals surface area contributed by atoms with E-state index in [1.54, 1.807) is 55.5 Å². The van der Waals surface area contributed by atoms with Crippen molar-refractivity contribution in [1.82, 2.24) is 0 Å². The van der Waals surface area contributed by atoms with E-state index in [9.17, 15) is 34.2 Å². The summed E-state index contributed by atoms with van der Waals surface area (Å²) < 4.78 is 15.5. The molecule has 0 saturated carbocycles. The Kier molecular flexibility index (Phi) is 8.24. The molecular formula is C37H26O10. The lowest BCUT2D eigenvalue weighted by atomic mass is 9.90. The summed E-state index contributed by atoms with van der Waals surface area (Å²) in [5, 5.41) is 21.9. The van der Waals surface area contributed by atoms with Gasteiger partial charge in [0.05, 0.1) is 28.5 Å². The topological polar surface area (TPSA) is 161 Å². The standard InChI is InChI=1S/C22H16O8.C15H10O2/c1-2-28-20(25)15(16-18(23)11-7-3-5-9-13(11)29-21(16)26)17-19(24)12-8-4-6-10-14(12)30-22(17)27;16-14-11-8-4-5-9-12(11)15(17)13(14)10-6-2-1-3-7-10/h3-10,15,23-24H,2H2,1H3;1-9,13H. The van der Waals surface area contributed by atoms with E-state index >= 15 is 0 Å². The zero-order chi connectivity index (χ0) is 33.2. The van der Waals surface area contributed by atoms with Gasteiger partial charge in [-0.1, -0.05) is 78.9 Å². The van der Waals surface area contributed by atoms with Crippen LogP contribution in [0, 0.1) is 0 Å². The largest absolute Gasteiger partial charge is 0.507 e. The number of aromatic hydroxyl groups is 2. The first-order valence-electron chi connectivity index (χ1n) is 14.6. The number of benzene rings is 4. The van der Waals surface area contributed by atoms with Crippen molar-refractivity contribution in [3.8, 4) is 11.5 Å². The highest BCUT2D eigenvalue weighted by Crippen LogP contribution is 2.39. The third kappa shape index (κ3) is 5.46. The fraction of sp³-hybridized carbons (Fsp3) is 0.108. The van der Waals surface area contributed by atoms with Crippen molar-refractivity contribution in [2.75, 3.05) is 6.61 Å². The number of ketones is 2. The zero-order valence-corrected chi connectivity index (χ0v) is 24.8. The molecule has 234 valence electrons. The predicted octanol–water partition coefficient (Wildman–Crippen LogP) is 5.86. The molecule has 0 bridgehead atoms. The minimum Gasteiger partial charge on any atom is -0.507 e. The maximum Gasteiger partial charge on any atom is 0.344 e. The van der Waals surface area contributed by atoms with Crippen molar-refractivity contribution in [1.29, 1.82) is 0 Å². The Labute approximate surface area is 266 Å². The van der Waals surface area contributed by atoms with Crippen molar-refractivity contribution in [3.05, 3.63) is 152 Å². The van der Waals surface area contributed by atoms with Gasteiger partial charge in [0, 0.05) is 11.1 Å². The molecule has 2 heterocycles. The SMILES string of the molecule is CCOC(=O)C(c1c(O)c2ccccc2oc1=O)c1c(O)c2ccccc2oc1=O.O=C1c2ccccc2C(=O)C1c1ccccc1. The molecule has 6 aromatic rings. The summed E-state index contributed by atoms with van der Waals surface area (Å²) in [6.45, 7) is 1.48. The van der Waals surface area contributed by atoms with Crippen LogP contribution in [0.1, 0.15) is 56.2 Å². The van der Waals surface area contributed by atoms with Crippen LogP contribution in [0.15, 0.2) is 122 Å². The Bertz CT molecular complexity index is 2160. The molecule has 0 atom stereocenters. The quantitative estimate of drug-likeness (QED) is 0.134. The van der Waals surface area contributed by atoms with Crippen LogP contribution in [0.5, 0.6) is 11.5 Å². The first kappa shape index (κ1) is 30.7. The molecule has 0 fully saturated rings. The summed E-state index contributed by atoms with van der Waals surface area (Å²) in [6, 6.07) is 28.6. The highest BCUT2D eigenvalue weighted by atomic mass is 16.5. The van der Waals surface area contributed by atoms with Crippen molar-refractivity contribution in [3.63, 3.8) is 0 Å². The lowest BCUT2D eigenvalue weighted by Gasteiger charge is -2.17. The Morgan fingerprint density at radius 3 is 1.55 bits per heavy atom. The number of para-hydroxylation sites is 2. The molecule has 0 saturated heterocycles. The molecule has 1 aliphatic carbocycles. The first-order chi connectivity index (χ1) is 22.7. The summed E-state index contributed by atoms with van der Waals surface area (Å²) in [7, 11) is 0. The normalized spacial score (nSPS) is 12.6. The Hall–Kier alpha value is -6.29. The molecular weight excluding hydrogens is 604 g/mol. The van der Waals surface area contributed by atoms with E-state index in [1.807, 2.05) is 30.3 Å². The monoisotopic (exact) mass is 630 g/mol. The Morgan fingerprint density at radius 2 is 1.09 bits per heavy atom. The fourth-order valence-electron chi connectivity index (χ4n) is 5.70. The summed E-state index contributed by atoms with van der Waals surface area (Å²) in [5.74, 6) is -4.69. The predicted molar refractivity (Wildman–Crippen MR) is 171 cm³/mol. The summed E-state index contributed by atoms with van der Waals surface area (Å²) >= 11 is 0. The van der Waals surface area contributed by atoms with E-state index < -0.39 is 51.7 Å². The molecule has 10 heteroatoms. The second kappa shape index (κ2) is 12.6. The van der Waals surface area contributed by atoms with E-state index in [4.69, 9.17) is 13.6 Å². The molecule has 47 heavy (non-hydrogen) atoms. The number of carbonyl (C=O) groups is 3. The van der Waals surface area contributed by atoms with Crippen LogP contribution >= 0.6 is 0 Å². The number of esters is 1. The van der Waals surface area contributed by atoms with Gasteiger partial charge in [-0.15, -0.1) is 0 Å². The van der Waals surface area contributed by atoms with E-state index in [0.29, 0.717) is 11.1 Å². The van der Waals surface area contributed by atoms with Crippen LogP contribution in [0.2, 0.25) is 0 Å². The average molecular weight is 631 g/mol. The van der Waals surface area contributed by atoms with Gasteiger partial charge in [0.1, 0.15) is 34.5 Å². The van der Waals surface area contributed by atoms with Gasteiger partial charge in [-0.25, -0.2) is 9.59 Å². The molecule has 0 unspecified atom stereocenters. The minimum atomic E-state index is -1.76. The highest BCUT2D eigenvalue weighted by Gasteiger charge is 2.39. The lowest BCUT2D eigenvalue weighted by molar-refractivity contribution is -0.144. The summed E-state index contributed by atoms with van der Waals surface area (Å²) in [6.07, 6.45) is 0. The van der Waals surface area contributed by atoms with Gasteiger partial charge in [-0.05, 0) is 36.8 Å². The van der Waals surface area contributed by atoms with Gasteiger partial charge >= 0.3 is 17.2 Å².